The van der Waals surface area contributed by atoms with Crippen LogP contribution < -0.4 is 11.1 Å². The maximum Gasteiger partial charge on any atom is 0.326 e. The van der Waals surface area contributed by atoms with Crippen molar-refractivity contribution in [2.75, 3.05) is 6.54 Å². The van der Waals surface area contributed by atoms with Crippen molar-refractivity contribution in [3.8, 4) is 0 Å². The van der Waals surface area contributed by atoms with Gasteiger partial charge >= 0.3 is 5.97 Å². The monoisotopic (exact) mass is 329 g/mol. The molecule has 5 N–H and O–H groups in total. The summed E-state index contributed by atoms with van der Waals surface area (Å²) in [7, 11) is 0. The van der Waals surface area contributed by atoms with Crippen LogP contribution in [0.15, 0.2) is 0 Å². The summed E-state index contributed by atoms with van der Waals surface area (Å²) in [5.74, 6) is -1.94. The topological polar surface area (TPSA) is 133 Å². The SMILES string of the molecule is CC(C)CC(NC(=O)C(N)C(C)O)C(=O)N1CCCC1C(=O)O. The molecule has 0 aromatic carbocycles. The van der Waals surface area contributed by atoms with Crippen molar-refractivity contribution in [3.63, 3.8) is 0 Å². The summed E-state index contributed by atoms with van der Waals surface area (Å²) in [5.41, 5.74) is 5.59. The Morgan fingerprint density at radius 1 is 1.30 bits per heavy atom. The normalized spacial score (nSPS) is 21.8. The number of likely N-dealkylation sites (tertiary alicyclic amines) is 1. The maximum atomic E-state index is 12.7. The van der Waals surface area contributed by atoms with E-state index in [1.807, 2.05) is 13.8 Å². The van der Waals surface area contributed by atoms with Crippen LogP contribution in [-0.2, 0) is 14.4 Å². The number of rotatable bonds is 7. The lowest BCUT2D eigenvalue weighted by molar-refractivity contribution is -0.149. The molecule has 8 nitrogen and oxygen atoms in total. The van der Waals surface area contributed by atoms with Crippen LogP contribution in [0.4, 0.5) is 0 Å². The van der Waals surface area contributed by atoms with Gasteiger partial charge in [0.2, 0.25) is 11.8 Å². The molecule has 0 spiro atoms. The second kappa shape index (κ2) is 8.26. The predicted molar refractivity (Wildman–Crippen MR) is 83.4 cm³/mol. The highest BCUT2D eigenvalue weighted by atomic mass is 16.4. The summed E-state index contributed by atoms with van der Waals surface area (Å²) in [6, 6.07) is -2.82. The fraction of sp³-hybridized carbons (Fsp3) is 0.800. The lowest BCUT2D eigenvalue weighted by atomic mass is 10.0. The van der Waals surface area contributed by atoms with E-state index >= 15 is 0 Å². The van der Waals surface area contributed by atoms with Crippen molar-refractivity contribution in [3.05, 3.63) is 0 Å². The first-order valence-electron chi connectivity index (χ1n) is 7.92. The summed E-state index contributed by atoms with van der Waals surface area (Å²) < 4.78 is 0. The molecule has 132 valence electrons. The predicted octanol–water partition coefficient (Wildman–Crippen LogP) is -0.699. The van der Waals surface area contributed by atoms with Gasteiger partial charge in [-0.2, -0.15) is 0 Å². The molecule has 0 bridgehead atoms. The Bertz CT molecular complexity index is 452. The molecule has 1 aliphatic heterocycles. The summed E-state index contributed by atoms with van der Waals surface area (Å²) in [5, 5.41) is 21.2. The number of nitrogens with zero attached hydrogens (tertiary/aromatic N) is 1. The van der Waals surface area contributed by atoms with Crippen LogP contribution in [0.25, 0.3) is 0 Å². The second-order valence-electron chi connectivity index (χ2n) is 6.49. The average molecular weight is 329 g/mol. The van der Waals surface area contributed by atoms with Crippen LogP contribution in [-0.4, -0.2) is 63.7 Å². The Morgan fingerprint density at radius 3 is 2.39 bits per heavy atom. The van der Waals surface area contributed by atoms with Gasteiger partial charge in [0.25, 0.3) is 0 Å². The molecule has 1 heterocycles. The molecule has 4 atom stereocenters. The lowest BCUT2D eigenvalue weighted by Gasteiger charge is -2.29. The van der Waals surface area contributed by atoms with Gasteiger partial charge in [-0.15, -0.1) is 0 Å². The smallest absolute Gasteiger partial charge is 0.326 e. The molecule has 0 saturated carbocycles. The minimum absolute atomic E-state index is 0.123. The van der Waals surface area contributed by atoms with Gasteiger partial charge in [0.1, 0.15) is 18.1 Å². The van der Waals surface area contributed by atoms with Gasteiger partial charge in [0.05, 0.1) is 6.10 Å². The molecule has 0 aromatic rings. The van der Waals surface area contributed by atoms with Gasteiger partial charge in [-0.3, -0.25) is 9.59 Å². The van der Waals surface area contributed by atoms with Gasteiger partial charge < -0.3 is 26.2 Å². The molecule has 1 rings (SSSR count). The Morgan fingerprint density at radius 2 is 1.91 bits per heavy atom. The fourth-order valence-corrected chi connectivity index (χ4v) is 2.67. The molecule has 1 saturated heterocycles. The van der Waals surface area contributed by atoms with Crippen molar-refractivity contribution in [1.29, 1.82) is 0 Å². The van der Waals surface area contributed by atoms with Crippen molar-refractivity contribution in [1.82, 2.24) is 10.2 Å². The fourth-order valence-electron chi connectivity index (χ4n) is 2.67. The number of aliphatic hydroxyl groups is 1. The van der Waals surface area contributed by atoms with Crippen molar-refractivity contribution in [2.24, 2.45) is 11.7 Å². The molecular weight excluding hydrogens is 302 g/mol. The second-order valence-corrected chi connectivity index (χ2v) is 6.49. The number of carbonyl (C=O) groups is 3. The van der Waals surface area contributed by atoms with Crippen molar-refractivity contribution >= 4 is 17.8 Å². The quantitative estimate of drug-likeness (QED) is 0.488. The average Bonchev–Trinajstić information content (AvgIpc) is 2.93. The zero-order valence-corrected chi connectivity index (χ0v) is 13.9. The standard InChI is InChI=1S/C15H27N3O5/c1-8(2)7-10(17-13(20)12(16)9(3)19)14(21)18-6-4-5-11(18)15(22)23/h8-12,19H,4-7,16H2,1-3H3,(H,17,20)(H,22,23). The summed E-state index contributed by atoms with van der Waals surface area (Å²) in [6.45, 7) is 5.56. The Kier molecular flexibility index (Phi) is 6.96. The number of amides is 2. The van der Waals surface area contributed by atoms with E-state index in [4.69, 9.17) is 5.73 Å². The molecule has 0 aliphatic carbocycles. The number of aliphatic hydroxyl groups excluding tert-OH is 1. The number of nitrogens with two attached hydrogens (primary N) is 1. The van der Waals surface area contributed by atoms with Gasteiger partial charge in [-0.25, -0.2) is 4.79 Å². The minimum atomic E-state index is -1.13. The minimum Gasteiger partial charge on any atom is -0.480 e. The number of carbonyl (C=O) groups excluding carboxylic acids is 2. The molecule has 1 fully saturated rings. The van der Waals surface area contributed by atoms with Gasteiger partial charge in [0.15, 0.2) is 0 Å². The number of aliphatic carboxylic acids is 1. The first-order chi connectivity index (χ1) is 10.6. The van der Waals surface area contributed by atoms with E-state index in [-0.39, 0.29) is 5.92 Å². The van der Waals surface area contributed by atoms with Gasteiger partial charge in [0, 0.05) is 6.54 Å². The molecule has 8 heteroatoms. The van der Waals surface area contributed by atoms with E-state index in [9.17, 15) is 24.6 Å². The van der Waals surface area contributed by atoms with E-state index in [1.54, 1.807) is 0 Å². The molecular formula is C15H27N3O5. The first kappa shape index (κ1) is 19.4. The third-order valence-electron chi connectivity index (χ3n) is 3.97. The number of carboxylic acid groups (broad SMARTS) is 1. The van der Waals surface area contributed by atoms with Crippen LogP contribution >= 0.6 is 0 Å². The van der Waals surface area contributed by atoms with Gasteiger partial charge in [-0.05, 0) is 32.1 Å². The Labute approximate surface area is 136 Å². The number of carboxylic acids is 1. The molecule has 2 amide bonds. The van der Waals surface area contributed by atoms with Crippen LogP contribution in [0.3, 0.4) is 0 Å². The van der Waals surface area contributed by atoms with E-state index in [0.717, 1.165) is 0 Å². The van der Waals surface area contributed by atoms with Crippen LogP contribution in [0.2, 0.25) is 0 Å². The molecule has 23 heavy (non-hydrogen) atoms. The highest BCUT2D eigenvalue weighted by Crippen LogP contribution is 2.20. The third-order valence-corrected chi connectivity index (χ3v) is 3.97. The zero-order chi connectivity index (χ0) is 17.7. The summed E-state index contributed by atoms with van der Waals surface area (Å²) in [4.78, 5) is 37.3. The van der Waals surface area contributed by atoms with E-state index in [0.29, 0.717) is 25.8 Å². The number of hydrogen-bond acceptors (Lipinski definition) is 5. The lowest BCUT2D eigenvalue weighted by Crippen LogP contribution is -2.56. The number of nitrogens with one attached hydrogen (secondary N) is 1. The Hall–Kier alpha value is -1.67. The Balaban J connectivity index is 2.86. The molecule has 1 aliphatic rings. The van der Waals surface area contributed by atoms with Crippen LogP contribution in [0.1, 0.15) is 40.0 Å². The van der Waals surface area contributed by atoms with Gasteiger partial charge in [-0.1, -0.05) is 13.8 Å². The maximum absolute atomic E-state index is 12.7. The van der Waals surface area contributed by atoms with Crippen LogP contribution in [0.5, 0.6) is 0 Å². The first-order valence-corrected chi connectivity index (χ1v) is 7.92. The summed E-state index contributed by atoms with van der Waals surface area (Å²) in [6.07, 6.45) is 0.373. The molecule has 0 radical (unpaired) electrons. The molecule has 4 unspecified atom stereocenters. The zero-order valence-electron chi connectivity index (χ0n) is 13.9. The highest BCUT2D eigenvalue weighted by Gasteiger charge is 2.38. The van der Waals surface area contributed by atoms with E-state index < -0.39 is 42.0 Å². The van der Waals surface area contributed by atoms with Crippen LogP contribution in [0, 0.1) is 5.92 Å². The summed E-state index contributed by atoms with van der Waals surface area (Å²) >= 11 is 0. The molecule has 0 aromatic heterocycles. The largest absolute Gasteiger partial charge is 0.480 e. The van der Waals surface area contributed by atoms with Crippen molar-refractivity contribution < 1.29 is 24.6 Å². The highest BCUT2D eigenvalue weighted by molar-refractivity contribution is 5.92. The van der Waals surface area contributed by atoms with E-state index in [1.165, 1.54) is 11.8 Å². The number of hydrogen-bond donors (Lipinski definition) is 4. The van der Waals surface area contributed by atoms with E-state index in [2.05, 4.69) is 5.32 Å². The third kappa shape index (κ3) is 5.18. The van der Waals surface area contributed by atoms with Crippen molar-refractivity contribution in [2.45, 2.75) is 64.3 Å².